The highest BCUT2D eigenvalue weighted by molar-refractivity contribution is 6.07. The molecule has 1 atom stereocenters. The van der Waals surface area contributed by atoms with Gasteiger partial charge in [0.05, 0.1) is 18.4 Å². The zero-order chi connectivity index (χ0) is 19.9. The number of nitrogens with one attached hydrogen (secondary N) is 1. The Kier molecular flexibility index (Phi) is 4.21. The zero-order valence-electron chi connectivity index (χ0n) is 15.3. The number of hydrogen-bond acceptors (Lipinski definition) is 5. The summed E-state index contributed by atoms with van der Waals surface area (Å²) >= 11 is 0. The fourth-order valence-electron chi connectivity index (χ4n) is 3.32. The number of aryl methyl sites for hydroxylation is 1. The van der Waals surface area contributed by atoms with Crippen LogP contribution in [-0.4, -0.2) is 31.6 Å². The summed E-state index contributed by atoms with van der Waals surface area (Å²) in [5.41, 5.74) is 0.504. The number of aromatic nitrogens is 3. The molecule has 8 nitrogen and oxygen atoms in total. The van der Waals surface area contributed by atoms with Crippen LogP contribution in [0, 0.1) is 5.82 Å². The van der Waals surface area contributed by atoms with E-state index in [0.29, 0.717) is 23.2 Å². The van der Waals surface area contributed by atoms with E-state index in [1.54, 1.807) is 36.3 Å². The predicted octanol–water partition coefficient (Wildman–Crippen LogP) is 2.57. The average molecular weight is 383 g/mol. The molecule has 1 aromatic carbocycles. The number of carbonyl (C=O) groups excluding carboxylic acids is 2. The Morgan fingerprint density at radius 3 is 2.64 bits per heavy atom. The number of amides is 3. The first-order chi connectivity index (χ1) is 13.4. The standard InChI is InChI=1S/C19H18FN5O3/c1-3-19(13-8-21-24(2)9-13)17(26)25(18(27)23-19)10-15-11-28-16(22-15)12-4-6-14(20)7-5-12/h4-9,11H,3,10H2,1-2H3,(H,23,27)/t19-/m1/s1. The Labute approximate surface area is 160 Å². The van der Waals surface area contributed by atoms with E-state index in [1.807, 2.05) is 6.92 Å². The summed E-state index contributed by atoms with van der Waals surface area (Å²) in [6.45, 7) is 1.80. The molecule has 1 fully saturated rings. The molecule has 2 aromatic heterocycles. The van der Waals surface area contributed by atoms with E-state index in [9.17, 15) is 14.0 Å². The number of carbonyl (C=O) groups is 2. The Bertz CT molecular complexity index is 1040. The van der Waals surface area contributed by atoms with Crippen LogP contribution < -0.4 is 5.32 Å². The third-order valence-corrected chi connectivity index (χ3v) is 4.87. The molecule has 4 rings (SSSR count). The third kappa shape index (κ3) is 2.84. The van der Waals surface area contributed by atoms with Gasteiger partial charge < -0.3 is 9.73 Å². The van der Waals surface area contributed by atoms with Gasteiger partial charge in [0.2, 0.25) is 5.89 Å². The second kappa shape index (κ2) is 6.59. The van der Waals surface area contributed by atoms with E-state index in [1.165, 1.54) is 18.4 Å². The normalized spacial score (nSPS) is 19.3. The highest BCUT2D eigenvalue weighted by atomic mass is 19.1. The molecule has 0 bridgehead atoms. The van der Waals surface area contributed by atoms with Gasteiger partial charge in [-0.2, -0.15) is 5.10 Å². The summed E-state index contributed by atoms with van der Waals surface area (Å²) in [5, 5.41) is 6.90. The summed E-state index contributed by atoms with van der Waals surface area (Å²) in [6, 6.07) is 5.20. The molecule has 3 aromatic rings. The molecule has 144 valence electrons. The van der Waals surface area contributed by atoms with Gasteiger partial charge in [-0.3, -0.25) is 14.4 Å². The molecule has 3 heterocycles. The molecular weight excluding hydrogens is 365 g/mol. The largest absolute Gasteiger partial charge is 0.444 e. The summed E-state index contributed by atoms with van der Waals surface area (Å²) < 4.78 is 20.1. The second-order valence-electron chi connectivity index (χ2n) is 6.63. The molecule has 1 aliphatic heterocycles. The Balaban J connectivity index is 1.58. The van der Waals surface area contributed by atoms with Gasteiger partial charge in [0.1, 0.15) is 17.6 Å². The van der Waals surface area contributed by atoms with Crippen molar-refractivity contribution < 1.29 is 18.4 Å². The number of nitrogens with zero attached hydrogens (tertiary/aromatic N) is 4. The van der Waals surface area contributed by atoms with Crippen LogP contribution in [0.5, 0.6) is 0 Å². The Morgan fingerprint density at radius 2 is 2.00 bits per heavy atom. The van der Waals surface area contributed by atoms with Crippen molar-refractivity contribution in [2.75, 3.05) is 0 Å². The van der Waals surface area contributed by atoms with Crippen LogP contribution in [0.15, 0.2) is 47.3 Å². The minimum Gasteiger partial charge on any atom is -0.444 e. The van der Waals surface area contributed by atoms with Crippen LogP contribution in [0.4, 0.5) is 9.18 Å². The Hall–Kier alpha value is -3.49. The fraction of sp³-hybridized carbons (Fsp3) is 0.263. The molecule has 9 heteroatoms. The molecule has 1 N–H and O–H groups in total. The molecule has 0 radical (unpaired) electrons. The maximum absolute atomic E-state index is 13.1. The van der Waals surface area contributed by atoms with Crippen molar-refractivity contribution in [3.05, 3.63) is 60.0 Å². The van der Waals surface area contributed by atoms with Gasteiger partial charge in [-0.25, -0.2) is 14.2 Å². The summed E-state index contributed by atoms with van der Waals surface area (Å²) in [5.74, 6) is -0.434. The first-order valence-corrected chi connectivity index (χ1v) is 8.76. The molecular formula is C19H18FN5O3. The minimum atomic E-state index is -1.14. The molecule has 1 aliphatic rings. The van der Waals surface area contributed by atoms with Crippen molar-refractivity contribution in [2.24, 2.45) is 7.05 Å². The van der Waals surface area contributed by atoms with Gasteiger partial charge in [0.15, 0.2) is 0 Å². The lowest BCUT2D eigenvalue weighted by molar-refractivity contribution is -0.132. The lowest BCUT2D eigenvalue weighted by Crippen LogP contribution is -2.43. The molecule has 0 unspecified atom stereocenters. The van der Waals surface area contributed by atoms with E-state index in [0.717, 1.165) is 4.90 Å². The van der Waals surface area contributed by atoms with E-state index in [2.05, 4.69) is 15.4 Å². The predicted molar refractivity (Wildman–Crippen MR) is 96.2 cm³/mol. The van der Waals surface area contributed by atoms with E-state index in [-0.39, 0.29) is 24.2 Å². The van der Waals surface area contributed by atoms with Crippen molar-refractivity contribution in [3.63, 3.8) is 0 Å². The molecule has 3 amide bonds. The van der Waals surface area contributed by atoms with Crippen LogP contribution in [-0.2, 0) is 23.9 Å². The number of urea groups is 1. The van der Waals surface area contributed by atoms with Crippen LogP contribution >= 0.6 is 0 Å². The average Bonchev–Trinajstić information content (AvgIpc) is 3.38. The lowest BCUT2D eigenvalue weighted by Gasteiger charge is -2.23. The van der Waals surface area contributed by atoms with Crippen LogP contribution in [0.3, 0.4) is 0 Å². The molecule has 0 aliphatic carbocycles. The van der Waals surface area contributed by atoms with E-state index in [4.69, 9.17) is 4.42 Å². The first-order valence-electron chi connectivity index (χ1n) is 8.76. The van der Waals surface area contributed by atoms with Crippen LogP contribution in [0.25, 0.3) is 11.5 Å². The third-order valence-electron chi connectivity index (χ3n) is 4.87. The number of rotatable bonds is 5. The first kappa shape index (κ1) is 17.9. The minimum absolute atomic E-state index is 0.0304. The van der Waals surface area contributed by atoms with Gasteiger partial charge in [0.25, 0.3) is 5.91 Å². The van der Waals surface area contributed by atoms with E-state index >= 15 is 0 Å². The molecule has 1 saturated heterocycles. The second-order valence-corrected chi connectivity index (χ2v) is 6.63. The highest BCUT2D eigenvalue weighted by Gasteiger charge is 2.52. The van der Waals surface area contributed by atoms with Gasteiger partial charge in [-0.15, -0.1) is 0 Å². The van der Waals surface area contributed by atoms with Crippen molar-refractivity contribution in [2.45, 2.75) is 25.4 Å². The van der Waals surface area contributed by atoms with Crippen LogP contribution in [0.2, 0.25) is 0 Å². The van der Waals surface area contributed by atoms with E-state index < -0.39 is 11.6 Å². The highest BCUT2D eigenvalue weighted by Crippen LogP contribution is 2.33. The molecule has 28 heavy (non-hydrogen) atoms. The van der Waals surface area contributed by atoms with Gasteiger partial charge in [-0.05, 0) is 30.7 Å². The topological polar surface area (TPSA) is 93.3 Å². The maximum atomic E-state index is 13.1. The smallest absolute Gasteiger partial charge is 0.325 e. The van der Waals surface area contributed by atoms with Crippen molar-refractivity contribution in [1.29, 1.82) is 0 Å². The number of halogens is 1. The monoisotopic (exact) mass is 383 g/mol. The zero-order valence-corrected chi connectivity index (χ0v) is 15.3. The fourth-order valence-corrected chi connectivity index (χ4v) is 3.32. The summed E-state index contributed by atoms with van der Waals surface area (Å²) in [7, 11) is 1.75. The molecule has 0 spiro atoms. The molecule has 0 saturated carbocycles. The number of hydrogen-bond donors (Lipinski definition) is 1. The lowest BCUT2D eigenvalue weighted by atomic mass is 9.89. The van der Waals surface area contributed by atoms with Gasteiger partial charge in [0, 0.05) is 24.4 Å². The van der Waals surface area contributed by atoms with Gasteiger partial charge in [-0.1, -0.05) is 6.92 Å². The number of oxazole rings is 1. The van der Waals surface area contributed by atoms with Crippen molar-refractivity contribution >= 4 is 11.9 Å². The summed E-state index contributed by atoms with van der Waals surface area (Å²) in [4.78, 5) is 31.1. The van der Waals surface area contributed by atoms with Crippen molar-refractivity contribution in [3.8, 4) is 11.5 Å². The number of imide groups is 1. The maximum Gasteiger partial charge on any atom is 0.325 e. The quantitative estimate of drug-likeness (QED) is 0.684. The summed E-state index contributed by atoms with van der Waals surface area (Å²) in [6.07, 6.45) is 5.07. The Morgan fingerprint density at radius 1 is 1.25 bits per heavy atom. The van der Waals surface area contributed by atoms with Gasteiger partial charge >= 0.3 is 6.03 Å². The number of benzene rings is 1. The van der Waals surface area contributed by atoms with Crippen molar-refractivity contribution in [1.82, 2.24) is 25.0 Å². The van der Waals surface area contributed by atoms with Crippen LogP contribution in [0.1, 0.15) is 24.6 Å². The SMILES string of the molecule is CC[C@]1(c2cnn(C)c2)NC(=O)N(Cc2coc(-c3ccc(F)cc3)n2)C1=O.